The molecule has 2 atom stereocenters. The minimum Gasteiger partial charge on any atom is -0.311 e. The fourth-order valence-corrected chi connectivity index (χ4v) is 2.08. The Labute approximate surface area is 122 Å². The molecule has 0 heterocycles. The number of aliphatic imine (C=N–C) groups is 1. The number of likely N-dealkylation sites (N-methyl/N-ethyl adjacent to an activating group) is 2. The Balaban J connectivity index is 3.62. The lowest BCUT2D eigenvalue weighted by Crippen LogP contribution is -2.32. The summed E-state index contributed by atoms with van der Waals surface area (Å²) >= 11 is 0. The van der Waals surface area contributed by atoms with Crippen molar-refractivity contribution in [2.75, 3.05) is 20.6 Å². The van der Waals surface area contributed by atoms with Gasteiger partial charge >= 0.3 is 0 Å². The van der Waals surface area contributed by atoms with E-state index in [9.17, 15) is 9.59 Å². The summed E-state index contributed by atoms with van der Waals surface area (Å²) in [4.78, 5) is 26.7. The highest BCUT2D eigenvalue weighted by Gasteiger charge is 2.10. The van der Waals surface area contributed by atoms with E-state index in [1.807, 2.05) is 13.3 Å². The van der Waals surface area contributed by atoms with Crippen molar-refractivity contribution in [2.24, 2.45) is 4.99 Å². The van der Waals surface area contributed by atoms with Crippen LogP contribution in [0, 0.1) is 0 Å². The molecule has 0 aromatic carbocycles. The molecule has 5 nitrogen and oxygen atoms in total. The highest BCUT2D eigenvalue weighted by atomic mass is 16.1. The third-order valence-corrected chi connectivity index (χ3v) is 3.42. The molecular weight excluding hydrogens is 254 g/mol. The van der Waals surface area contributed by atoms with Gasteiger partial charge in [-0.25, -0.2) is 0 Å². The lowest BCUT2D eigenvalue weighted by atomic mass is 10.1. The number of ketones is 2. The number of hydrogen-bond acceptors (Lipinski definition) is 5. The van der Waals surface area contributed by atoms with Crippen molar-refractivity contribution in [3.8, 4) is 0 Å². The monoisotopic (exact) mass is 283 g/mol. The van der Waals surface area contributed by atoms with Crippen LogP contribution in [0.2, 0.25) is 0 Å². The second-order valence-corrected chi connectivity index (χ2v) is 5.07. The zero-order valence-corrected chi connectivity index (χ0v) is 13.2. The lowest BCUT2D eigenvalue weighted by molar-refractivity contribution is -0.119. The summed E-state index contributed by atoms with van der Waals surface area (Å²) in [6, 6.07) is -0.0839. The Kier molecular flexibility index (Phi) is 11.1. The largest absolute Gasteiger partial charge is 0.311 e. The number of carbonyl (C=O) groups excluding carboxylic acids is 2. The number of hydrogen-bond donors (Lipinski definition) is 2. The van der Waals surface area contributed by atoms with Crippen LogP contribution in [0.5, 0.6) is 0 Å². The zero-order chi connectivity index (χ0) is 15.4. The Hall–Kier alpha value is -1.07. The second kappa shape index (κ2) is 11.7. The van der Waals surface area contributed by atoms with Gasteiger partial charge in [-0.1, -0.05) is 0 Å². The van der Waals surface area contributed by atoms with Gasteiger partial charge in [0.1, 0.15) is 11.6 Å². The molecule has 0 aromatic heterocycles. The maximum Gasteiger partial charge on any atom is 0.146 e. The Morgan fingerprint density at radius 1 is 1.00 bits per heavy atom. The van der Waals surface area contributed by atoms with Crippen LogP contribution in [0.3, 0.4) is 0 Å². The molecule has 0 rings (SSSR count). The van der Waals surface area contributed by atoms with E-state index in [4.69, 9.17) is 0 Å². The van der Waals surface area contributed by atoms with Crippen molar-refractivity contribution in [3.05, 3.63) is 0 Å². The first-order chi connectivity index (χ1) is 9.52. The number of carbonyl (C=O) groups is 2. The fraction of sp³-hybridized carbons (Fsp3) is 0.800. The first-order valence-corrected chi connectivity index (χ1v) is 7.36. The smallest absolute Gasteiger partial charge is 0.146 e. The second-order valence-electron chi connectivity index (χ2n) is 5.07. The van der Waals surface area contributed by atoms with Gasteiger partial charge in [0, 0.05) is 6.54 Å². The van der Waals surface area contributed by atoms with Gasteiger partial charge in [-0.3, -0.25) is 14.6 Å². The van der Waals surface area contributed by atoms with E-state index in [2.05, 4.69) is 15.6 Å². The quantitative estimate of drug-likeness (QED) is 0.419. The molecule has 0 aliphatic heterocycles. The van der Waals surface area contributed by atoms with Crippen molar-refractivity contribution < 1.29 is 9.59 Å². The molecule has 0 saturated carbocycles. The van der Waals surface area contributed by atoms with Gasteiger partial charge in [-0.2, -0.15) is 0 Å². The summed E-state index contributed by atoms with van der Waals surface area (Å²) < 4.78 is 0. The molecule has 2 unspecified atom stereocenters. The summed E-state index contributed by atoms with van der Waals surface area (Å²) in [5.74, 6) is 0.363. The van der Waals surface area contributed by atoms with E-state index in [0.29, 0.717) is 0 Å². The van der Waals surface area contributed by atoms with Gasteiger partial charge in [0.05, 0.1) is 12.1 Å². The molecule has 0 amide bonds. The first kappa shape index (κ1) is 18.9. The molecule has 0 bridgehead atoms. The Morgan fingerprint density at radius 3 is 2.05 bits per heavy atom. The predicted octanol–water partition coefficient (Wildman–Crippen LogP) is 1.36. The molecule has 0 fully saturated rings. The minimum absolute atomic E-state index is 0.0223. The molecule has 116 valence electrons. The molecule has 0 aliphatic carbocycles. The highest BCUT2D eigenvalue weighted by Crippen LogP contribution is 2.02. The van der Waals surface area contributed by atoms with Crippen molar-refractivity contribution >= 4 is 17.8 Å². The van der Waals surface area contributed by atoms with Gasteiger partial charge in [-0.15, -0.1) is 0 Å². The van der Waals surface area contributed by atoms with Crippen LogP contribution in [-0.2, 0) is 9.59 Å². The standard InChI is InChI=1S/C15H29N3O2/c1-12(19)14(16-3)8-5-6-10-18-11-7-9-15(17-4)13(2)20/h11,14-17H,5-10H2,1-4H3/b18-11-. The molecule has 20 heavy (non-hydrogen) atoms. The van der Waals surface area contributed by atoms with Crippen LogP contribution >= 0.6 is 0 Å². The summed E-state index contributed by atoms with van der Waals surface area (Å²) in [6.45, 7) is 4.01. The van der Waals surface area contributed by atoms with Gasteiger partial charge in [-0.05, 0) is 66.3 Å². The van der Waals surface area contributed by atoms with Crippen molar-refractivity contribution in [2.45, 2.75) is 58.0 Å². The maximum absolute atomic E-state index is 11.2. The molecule has 2 N–H and O–H groups in total. The third-order valence-electron chi connectivity index (χ3n) is 3.42. The molecule has 0 saturated heterocycles. The minimum atomic E-state index is -0.0617. The van der Waals surface area contributed by atoms with E-state index in [0.717, 1.165) is 38.6 Å². The molecular formula is C15H29N3O2. The Morgan fingerprint density at radius 2 is 1.55 bits per heavy atom. The van der Waals surface area contributed by atoms with Gasteiger partial charge < -0.3 is 10.6 Å². The van der Waals surface area contributed by atoms with Crippen LogP contribution in [0.1, 0.15) is 46.0 Å². The van der Waals surface area contributed by atoms with E-state index in [1.54, 1.807) is 20.9 Å². The molecule has 0 spiro atoms. The summed E-state index contributed by atoms with van der Waals surface area (Å²) in [6.07, 6.45) is 6.36. The van der Waals surface area contributed by atoms with Crippen LogP contribution < -0.4 is 10.6 Å². The zero-order valence-electron chi connectivity index (χ0n) is 13.2. The lowest BCUT2D eigenvalue weighted by Gasteiger charge is -2.11. The van der Waals surface area contributed by atoms with Crippen molar-refractivity contribution in [1.82, 2.24) is 10.6 Å². The highest BCUT2D eigenvalue weighted by molar-refractivity contribution is 5.81. The summed E-state index contributed by atoms with van der Waals surface area (Å²) in [5, 5.41) is 6.01. The average Bonchev–Trinajstić information content (AvgIpc) is 2.40. The molecule has 5 heteroatoms. The van der Waals surface area contributed by atoms with Crippen molar-refractivity contribution in [1.29, 1.82) is 0 Å². The van der Waals surface area contributed by atoms with Crippen LogP contribution in [0.4, 0.5) is 0 Å². The number of rotatable bonds is 12. The maximum atomic E-state index is 11.2. The van der Waals surface area contributed by atoms with Crippen LogP contribution in [0.25, 0.3) is 0 Å². The van der Waals surface area contributed by atoms with Crippen LogP contribution in [-0.4, -0.2) is 50.5 Å². The van der Waals surface area contributed by atoms with E-state index >= 15 is 0 Å². The normalized spacial score (nSPS) is 14.4. The number of nitrogens with zero attached hydrogens (tertiary/aromatic N) is 1. The molecule has 0 aromatic rings. The number of nitrogens with one attached hydrogen (secondary N) is 2. The Bertz CT molecular complexity index is 316. The van der Waals surface area contributed by atoms with Crippen molar-refractivity contribution in [3.63, 3.8) is 0 Å². The number of unbranched alkanes of at least 4 members (excludes halogenated alkanes) is 1. The van der Waals surface area contributed by atoms with E-state index in [1.165, 1.54) is 0 Å². The number of Topliss-reactive ketones (excluding diaryl/α,β-unsaturated/α-hetero) is 2. The predicted molar refractivity (Wildman–Crippen MR) is 83.5 cm³/mol. The van der Waals surface area contributed by atoms with Gasteiger partial charge in [0.2, 0.25) is 0 Å². The van der Waals surface area contributed by atoms with Gasteiger partial charge in [0.15, 0.2) is 0 Å². The topological polar surface area (TPSA) is 70.6 Å². The SMILES string of the molecule is CNC(CC/C=N\CCCCC(NC)C(C)=O)C(C)=O. The molecule has 0 aliphatic rings. The fourth-order valence-electron chi connectivity index (χ4n) is 2.08. The van der Waals surface area contributed by atoms with E-state index in [-0.39, 0.29) is 23.7 Å². The van der Waals surface area contributed by atoms with Gasteiger partial charge in [0.25, 0.3) is 0 Å². The first-order valence-electron chi connectivity index (χ1n) is 7.36. The third kappa shape index (κ3) is 8.93. The molecule has 0 radical (unpaired) electrons. The summed E-state index contributed by atoms with van der Waals surface area (Å²) in [5.41, 5.74) is 0. The average molecular weight is 283 g/mol. The van der Waals surface area contributed by atoms with Crippen LogP contribution in [0.15, 0.2) is 4.99 Å². The van der Waals surface area contributed by atoms with E-state index < -0.39 is 0 Å². The summed E-state index contributed by atoms with van der Waals surface area (Å²) in [7, 11) is 3.62.